The lowest BCUT2D eigenvalue weighted by atomic mass is 10.2. The Morgan fingerprint density at radius 1 is 1.38 bits per heavy atom. The molecule has 0 aliphatic rings. The molecule has 0 radical (unpaired) electrons. The van der Waals surface area contributed by atoms with E-state index in [1.807, 2.05) is 28.8 Å². The van der Waals surface area contributed by atoms with Crippen LogP contribution in [0.2, 0.25) is 0 Å². The fraction of sp³-hybridized carbons (Fsp3) is 0.125. The molecule has 0 aliphatic heterocycles. The Hall–Kier alpha value is -3.42. The van der Waals surface area contributed by atoms with Crippen LogP contribution in [0.25, 0.3) is 5.65 Å². The number of nitro benzene ring substituents is 1. The maximum Gasteiger partial charge on any atom is 0.271 e. The molecule has 0 bridgehead atoms. The highest BCUT2D eigenvalue weighted by atomic mass is 16.6. The van der Waals surface area contributed by atoms with Gasteiger partial charge in [-0.3, -0.25) is 14.9 Å². The molecule has 1 N–H and O–H groups in total. The summed E-state index contributed by atoms with van der Waals surface area (Å²) in [4.78, 5) is 26.9. The quantitative estimate of drug-likeness (QED) is 0.573. The number of methoxy groups -OCH3 is 1. The molecular formula is C16H14N4O4. The van der Waals surface area contributed by atoms with Crippen molar-refractivity contribution in [3.05, 3.63) is 64.6 Å². The van der Waals surface area contributed by atoms with Gasteiger partial charge < -0.3 is 14.5 Å². The minimum Gasteiger partial charge on any atom is -0.495 e. The fourth-order valence-corrected chi connectivity index (χ4v) is 2.34. The Morgan fingerprint density at radius 2 is 2.21 bits per heavy atom. The van der Waals surface area contributed by atoms with E-state index >= 15 is 0 Å². The van der Waals surface area contributed by atoms with Gasteiger partial charge in [0, 0.05) is 24.5 Å². The van der Waals surface area contributed by atoms with E-state index in [1.165, 1.54) is 25.3 Å². The molecule has 0 spiro atoms. The summed E-state index contributed by atoms with van der Waals surface area (Å²) in [5.41, 5.74) is 1.47. The van der Waals surface area contributed by atoms with Crippen LogP contribution in [0.3, 0.4) is 0 Å². The molecule has 24 heavy (non-hydrogen) atoms. The van der Waals surface area contributed by atoms with Crippen LogP contribution in [0.4, 0.5) is 11.4 Å². The normalized spacial score (nSPS) is 10.5. The zero-order chi connectivity index (χ0) is 17.1. The smallest absolute Gasteiger partial charge is 0.271 e. The number of non-ortho nitro benzene ring substituents is 1. The molecule has 3 rings (SSSR count). The van der Waals surface area contributed by atoms with Crippen molar-refractivity contribution in [1.29, 1.82) is 0 Å². The molecule has 0 fully saturated rings. The summed E-state index contributed by atoms with van der Waals surface area (Å²) in [6.45, 7) is 0. The Bertz CT molecular complexity index is 886. The number of hydrogen-bond acceptors (Lipinski definition) is 5. The van der Waals surface area contributed by atoms with E-state index < -0.39 is 4.92 Å². The predicted octanol–water partition coefficient (Wildman–Crippen LogP) is 2.43. The Kier molecular flexibility index (Phi) is 4.11. The molecule has 1 aromatic carbocycles. The van der Waals surface area contributed by atoms with Gasteiger partial charge in [0.05, 0.1) is 29.8 Å². The molecule has 0 atom stereocenters. The van der Waals surface area contributed by atoms with Crippen LogP contribution >= 0.6 is 0 Å². The average Bonchev–Trinajstić information content (AvgIpc) is 2.96. The molecule has 2 aromatic heterocycles. The number of anilines is 1. The fourth-order valence-electron chi connectivity index (χ4n) is 2.34. The maximum atomic E-state index is 12.2. The van der Waals surface area contributed by atoms with E-state index in [1.54, 1.807) is 6.20 Å². The number of rotatable bonds is 5. The minimum atomic E-state index is -0.531. The lowest BCUT2D eigenvalue weighted by Crippen LogP contribution is -2.15. The van der Waals surface area contributed by atoms with Gasteiger partial charge in [0.15, 0.2) is 0 Å². The molecule has 0 saturated carbocycles. The third-order valence-corrected chi connectivity index (χ3v) is 3.42. The Morgan fingerprint density at radius 3 is 2.92 bits per heavy atom. The van der Waals surface area contributed by atoms with E-state index in [0.29, 0.717) is 11.4 Å². The third-order valence-electron chi connectivity index (χ3n) is 3.42. The highest BCUT2D eigenvalue weighted by molar-refractivity contribution is 5.94. The molecule has 2 heterocycles. The van der Waals surface area contributed by atoms with E-state index in [0.717, 1.165) is 5.65 Å². The second-order valence-electron chi connectivity index (χ2n) is 5.06. The van der Waals surface area contributed by atoms with E-state index in [-0.39, 0.29) is 23.7 Å². The molecule has 8 heteroatoms. The molecule has 0 unspecified atom stereocenters. The molecule has 8 nitrogen and oxygen atoms in total. The van der Waals surface area contributed by atoms with Crippen molar-refractivity contribution in [2.24, 2.45) is 0 Å². The van der Waals surface area contributed by atoms with Gasteiger partial charge in [-0.25, -0.2) is 4.98 Å². The van der Waals surface area contributed by atoms with Crippen molar-refractivity contribution >= 4 is 22.9 Å². The van der Waals surface area contributed by atoms with Gasteiger partial charge in [-0.2, -0.15) is 0 Å². The van der Waals surface area contributed by atoms with E-state index in [4.69, 9.17) is 4.74 Å². The summed E-state index contributed by atoms with van der Waals surface area (Å²) < 4.78 is 6.94. The maximum absolute atomic E-state index is 12.2. The summed E-state index contributed by atoms with van der Waals surface area (Å²) in [5.74, 6) is 0.0150. The van der Waals surface area contributed by atoms with Crippen molar-refractivity contribution in [1.82, 2.24) is 9.38 Å². The number of carbonyl (C=O) groups excluding carboxylic acids is 1. The number of carbonyl (C=O) groups is 1. The van der Waals surface area contributed by atoms with Crippen molar-refractivity contribution in [3.8, 4) is 5.75 Å². The molecular weight excluding hydrogens is 312 g/mol. The van der Waals surface area contributed by atoms with Crippen LogP contribution in [-0.4, -0.2) is 27.3 Å². The largest absolute Gasteiger partial charge is 0.495 e. The van der Waals surface area contributed by atoms with Gasteiger partial charge in [0.2, 0.25) is 5.91 Å². The van der Waals surface area contributed by atoms with Gasteiger partial charge in [0.25, 0.3) is 5.69 Å². The van der Waals surface area contributed by atoms with Crippen molar-refractivity contribution < 1.29 is 14.5 Å². The van der Waals surface area contributed by atoms with Crippen LogP contribution < -0.4 is 10.1 Å². The van der Waals surface area contributed by atoms with E-state index in [2.05, 4.69) is 10.3 Å². The number of imidazole rings is 1. The second-order valence-corrected chi connectivity index (χ2v) is 5.06. The van der Waals surface area contributed by atoms with Gasteiger partial charge in [-0.05, 0) is 18.2 Å². The zero-order valence-corrected chi connectivity index (χ0v) is 12.8. The van der Waals surface area contributed by atoms with Crippen LogP contribution in [0, 0.1) is 10.1 Å². The number of aromatic nitrogens is 2. The third kappa shape index (κ3) is 3.17. The van der Waals surface area contributed by atoms with Crippen LogP contribution in [0.5, 0.6) is 5.75 Å². The van der Waals surface area contributed by atoms with Crippen molar-refractivity contribution in [3.63, 3.8) is 0 Å². The molecule has 0 aliphatic carbocycles. The summed E-state index contributed by atoms with van der Waals surface area (Å²) in [6.07, 6.45) is 3.65. The summed E-state index contributed by atoms with van der Waals surface area (Å²) in [6, 6.07) is 9.59. The minimum absolute atomic E-state index is 0.0491. The summed E-state index contributed by atoms with van der Waals surface area (Å²) in [5, 5.41) is 13.5. The van der Waals surface area contributed by atoms with Crippen molar-refractivity contribution in [2.75, 3.05) is 12.4 Å². The predicted molar refractivity (Wildman–Crippen MR) is 87.2 cm³/mol. The number of ether oxygens (including phenoxy) is 1. The topological polar surface area (TPSA) is 98.8 Å². The first-order valence-corrected chi connectivity index (χ1v) is 7.11. The highest BCUT2D eigenvalue weighted by Gasteiger charge is 2.15. The SMILES string of the molecule is COc1ccc([N+](=O)[O-])cc1NC(=O)Cc1cn2ccccc2n1. The Labute approximate surface area is 136 Å². The van der Waals surface area contributed by atoms with Crippen LogP contribution in [-0.2, 0) is 11.2 Å². The molecule has 1 amide bonds. The van der Waals surface area contributed by atoms with Crippen molar-refractivity contribution in [2.45, 2.75) is 6.42 Å². The zero-order valence-electron chi connectivity index (χ0n) is 12.8. The van der Waals surface area contributed by atoms with Gasteiger partial charge >= 0.3 is 0 Å². The van der Waals surface area contributed by atoms with Crippen LogP contribution in [0.1, 0.15) is 5.69 Å². The first kappa shape index (κ1) is 15.5. The molecule has 3 aromatic rings. The summed E-state index contributed by atoms with van der Waals surface area (Å²) in [7, 11) is 1.43. The average molecular weight is 326 g/mol. The number of nitrogens with zero attached hydrogens (tertiary/aromatic N) is 3. The molecule has 122 valence electrons. The lowest BCUT2D eigenvalue weighted by molar-refractivity contribution is -0.384. The first-order valence-electron chi connectivity index (χ1n) is 7.11. The lowest BCUT2D eigenvalue weighted by Gasteiger charge is -2.09. The van der Waals surface area contributed by atoms with Gasteiger partial charge in [-0.15, -0.1) is 0 Å². The van der Waals surface area contributed by atoms with E-state index in [9.17, 15) is 14.9 Å². The first-order chi connectivity index (χ1) is 11.6. The number of pyridine rings is 1. The van der Waals surface area contributed by atoms with Gasteiger partial charge in [-0.1, -0.05) is 6.07 Å². The summed E-state index contributed by atoms with van der Waals surface area (Å²) >= 11 is 0. The standard InChI is InChI=1S/C16H14N4O4/c1-24-14-6-5-12(20(22)23)9-13(14)18-16(21)8-11-10-19-7-3-2-4-15(19)17-11/h2-7,9-10H,8H2,1H3,(H,18,21). The number of benzene rings is 1. The number of fused-ring (bicyclic) bond motifs is 1. The highest BCUT2D eigenvalue weighted by Crippen LogP contribution is 2.28. The Balaban J connectivity index is 1.78. The number of nitro groups is 1. The number of hydrogen-bond donors (Lipinski definition) is 1. The number of amides is 1. The molecule has 0 saturated heterocycles. The number of nitrogens with one attached hydrogen (secondary N) is 1. The monoisotopic (exact) mass is 326 g/mol. The van der Waals surface area contributed by atoms with Crippen LogP contribution in [0.15, 0.2) is 48.8 Å². The van der Waals surface area contributed by atoms with Gasteiger partial charge in [0.1, 0.15) is 11.4 Å². The second kappa shape index (κ2) is 6.37.